The van der Waals surface area contributed by atoms with E-state index in [1.807, 2.05) is 49.3 Å². The number of carbonyl (C=O) groups is 1. The van der Waals surface area contributed by atoms with E-state index < -0.39 is 6.10 Å². The standard InChI is InChI=1S/C25H28FN3O2/c1-29(2)13-7-10-18-14-19(17-8-3-4-9-17)20(26)15-22(18)28-25(30)24-16-27-21-11-5-6-12-23(21)31-24/h5-6,11-12,14-15,17,24,27H,3-4,8-9,13,16H2,1-2H3,(H,28,30)/t24-/m0/s1. The van der Waals surface area contributed by atoms with Crippen LogP contribution in [0, 0.1) is 17.7 Å². The molecule has 1 saturated carbocycles. The van der Waals surface area contributed by atoms with Crippen LogP contribution in [0.4, 0.5) is 15.8 Å². The van der Waals surface area contributed by atoms with Gasteiger partial charge in [0, 0.05) is 5.56 Å². The van der Waals surface area contributed by atoms with Crippen LogP contribution in [0.2, 0.25) is 0 Å². The molecule has 2 aromatic rings. The number of halogens is 1. The topological polar surface area (TPSA) is 53.6 Å². The molecule has 2 N–H and O–H groups in total. The number of fused-ring (bicyclic) bond motifs is 1. The van der Waals surface area contributed by atoms with Crippen LogP contribution in [0.5, 0.6) is 5.75 Å². The molecule has 2 aliphatic rings. The Morgan fingerprint density at radius 3 is 2.81 bits per heavy atom. The zero-order valence-electron chi connectivity index (χ0n) is 18.0. The van der Waals surface area contributed by atoms with Gasteiger partial charge in [-0.25, -0.2) is 4.39 Å². The van der Waals surface area contributed by atoms with Gasteiger partial charge in [-0.3, -0.25) is 9.69 Å². The lowest BCUT2D eigenvalue weighted by molar-refractivity contribution is -0.122. The van der Waals surface area contributed by atoms with Crippen molar-refractivity contribution in [3.8, 4) is 17.6 Å². The Balaban J connectivity index is 1.57. The second-order valence-electron chi connectivity index (χ2n) is 8.41. The summed E-state index contributed by atoms with van der Waals surface area (Å²) in [5.41, 5.74) is 2.59. The largest absolute Gasteiger partial charge is 0.477 e. The minimum atomic E-state index is -0.713. The summed E-state index contributed by atoms with van der Waals surface area (Å²) >= 11 is 0. The van der Waals surface area contributed by atoms with Crippen molar-refractivity contribution in [1.82, 2.24) is 4.90 Å². The van der Waals surface area contributed by atoms with E-state index in [0.717, 1.165) is 31.4 Å². The normalized spacial score (nSPS) is 17.9. The molecule has 0 spiro atoms. The van der Waals surface area contributed by atoms with Gasteiger partial charge in [-0.2, -0.15) is 0 Å². The fourth-order valence-corrected chi connectivity index (χ4v) is 4.11. The summed E-state index contributed by atoms with van der Waals surface area (Å²) in [6.07, 6.45) is 3.52. The van der Waals surface area contributed by atoms with Gasteiger partial charge in [0.1, 0.15) is 11.6 Å². The highest BCUT2D eigenvalue weighted by Crippen LogP contribution is 2.37. The van der Waals surface area contributed by atoms with E-state index in [-0.39, 0.29) is 17.6 Å². The zero-order chi connectivity index (χ0) is 21.8. The van der Waals surface area contributed by atoms with E-state index in [1.165, 1.54) is 6.07 Å². The van der Waals surface area contributed by atoms with Gasteiger partial charge in [0.25, 0.3) is 5.91 Å². The van der Waals surface area contributed by atoms with Crippen molar-refractivity contribution in [3.05, 3.63) is 53.3 Å². The lowest BCUT2D eigenvalue weighted by Gasteiger charge is -2.26. The maximum Gasteiger partial charge on any atom is 0.267 e. The molecule has 6 heteroatoms. The quantitative estimate of drug-likeness (QED) is 0.727. The molecule has 0 unspecified atom stereocenters. The zero-order valence-corrected chi connectivity index (χ0v) is 18.0. The van der Waals surface area contributed by atoms with Gasteiger partial charge in [0.15, 0.2) is 6.10 Å². The molecule has 0 aromatic heterocycles. The number of nitrogens with one attached hydrogen (secondary N) is 2. The Morgan fingerprint density at radius 2 is 2.03 bits per heavy atom. The van der Waals surface area contributed by atoms with Crippen LogP contribution < -0.4 is 15.4 Å². The highest BCUT2D eigenvalue weighted by Gasteiger charge is 2.27. The molecule has 31 heavy (non-hydrogen) atoms. The lowest BCUT2D eigenvalue weighted by atomic mass is 9.94. The predicted molar refractivity (Wildman–Crippen MR) is 121 cm³/mol. The van der Waals surface area contributed by atoms with Crippen molar-refractivity contribution in [2.75, 3.05) is 37.8 Å². The lowest BCUT2D eigenvalue weighted by Crippen LogP contribution is -2.41. The minimum absolute atomic E-state index is 0.224. The first-order valence-corrected chi connectivity index (χ1v) is 10.8. The van der Waals surface area contributed by atoms with Gasteiger partial charge in [0.05, 0.1) is 24.5 Å². The van der Waals surface area contributed by atoms with Crippen molar-refractivity contribution in [2.24, 2.45) is 0 Å². The summed E-state index contributed by atoms with van der Waals surface area (Å²) in [5.74, 6) is 6.47. The maximum absolute atomic E-state index is 15.0. The van der Waals surface area contributed by atoms with Crippen LogP contribution in [-0.4, -0.2) is 44.1 Å². The van der Waals surface area contributed by atoms with E-state index in [9.17, 15) is 9.18 Å². The van der Waals surface area contributed by atoms with Crippen LogP contribution in [0.1, 0.15) is 42.7 Å². The van der Waals surface area contributed by atoms with E-state index in [1.54, 1.807) is 0 Å². The molecule has 1 heterocycles. The molecule has 4 rings (SSSR count). The summed E-state index contributed by atoms with van der Waals surface area (Å²) in [4.78, 5) is 14.9. The molecule has 1 amide bonds. The molecule has 1 aliphatic carbocycles. The Bertz CT molecular complexity index is 1020. The van der Waals surface area contributed by atoms with Gasteiger partial charge in [0.2, 0.25) is 0 Å². The van der Waals surface area contributed by atoms with Gasteiger partial charge in [-0.1, -0.05) is 36.8 Å². The molecule has 1 aliphatic heterocycles. The number of ether oxygens (including phenoxy) is 1. The summed E-state index contributed by atoms with van der Waals surface area (Å²) in [6.45, 7) is 0.920. The van der Waals surface area contributed by atoms with Crippen molar-refractivity contribution < 1.29 is 13.9 Å². The number of hydrogen-bond donors (Lipinski definition) is 2. The van der Waals surface area contributed by atoms with Crippen molar-refractivity contribution in [3.63, 3.8) is 0 Å². The first kappa shape index (κ1) is 21.2. The number of para-hydroxylation sites is 2. The molecular formula is C25H28FN3O2. The summed E-state index contributed by atoms with van der Waals surface area (Å²) in [5, 5.41) is 6.05. The van der Waals surface area contributed by atoms with Crippen LogP contribution in [0.15, 0.2) is 36.4 Å². The second kappa shape index (κ2) is 9.40. The third-order valence-electron chi connectivity index (χ3n) is 5.73. The number of nitrogens with zero attached hydrogens (tertiary/aromatic N) is 1. The van der Waals surface area contributed by atoms with Crippen LogP contribution in [0.25, 0.3) is 0 Å². The molecule has 2 aromatic carbocycles. The molecule has 0 bridgehead atoms. The molecule has 5 nitrogen and oxygen atoms in total. The highest BCUT2D eigenvalue weighted by atomic mass is 19.1. The van der Waals surface area contributed by atoms with E-state index in [2.05, 4.69) is 22.5 Å². The van der Waals surface area contributed by atoms with E-state index in [4.69, 9.17) is 4.74 Å². The summed E-state index contributed by atoms with van der Waals surface area (Å²) in [6, 6.07) is 10.7. The first-order chi connectivity index (χ1) is 15.0. The Hall–Kier alpha value is -3.04. The predicted octanol–water partition coefficient (Wildman–Crippen LogP) is 4.21. The Kier molecular flexibility index (Phi) is 6.43. The maximum atomic E-state index is 15.0. The first-order valence-electron chi connectivity index (χ1n) is 10.8. The van der Waals surface area contributed by atoms with Gasteiger partial charge < -0.3 is 15.4 Å². The number of benzene rings is 2. The molecular weight excluding hydrogens is 393 g/mol. The van der Waals surface area contributed by atoms with E-state index >= 15 is 0 Å². The minimum Gasteiger partial charge on any atom is -0.477 e. The monoisotopic (exact) mass is 421 g/mol. The average Bonchev–Trinajstić information content (AvgIpc) is 3.29. The molecule has 162 valence electrons. The Labute approximate surface area is 183 Å². The van der Waals surface area contributed by atoms with Crippen LogP contribution in [0.3, 0.4) is 0 Å². The van der Waals surface area contributed by atoms with E-state index in [0.29, 0.717) is 35.7 Å². The molecule has 0 radical (unpaired) electrons. The number of anilines is 2. The average molecular weight is 422 g/mol. The van der Waals surface area contributed by atoms with Crippen LogP contribution in [-0.2, 0) is 4.79 Å². The van der Waals surface area contributed by atoms with Gasteiger partial charge in [-0.05, 0) is 62.7 Å². The number of rotatable bonds is 4. The second-order valence-corrected chi connectivity index (χ2v) is 8.41. The number of carbonyl (C=O) groups excluding carboxylic acids is 1. The van der Waals surface area contributed by atoms with Gasteiger partial charge in [-0.15, -0.1) is 0 Å². The fraction of sp³-hybridized carbons (Fsp3) is 0.400. The van der Waals surface area contributed by atoms with Crippen LogP contribution >= 0.6 is 0 Å². The number of amides is 1. The van der Waals surface area contributed by atoms with Crippen molar-refractivity contribution >= 4 is 17.3 Å². The Morgan fingerprint density at radius 1 is 1.26 bits per heavy atom. The smallest absolute Gasteiger partial charge is 0.267 e. The fourth-order valence-electron chi connectivity index (χ4n) is 4.11. The number of hydrogen-bond acceptors (Lipinski definition) is 4. The third kappa shape index (κ3) is 5.00. The summed E-state index contributed by atoms with van der Waals surface area (Å²) in [7, 11) is 3.88. The van der Waals surface area contributed by atoms with Crippen molar-refractivity contribution in [1.29, 1.82) is 0 Å². The SMILES string of the molecule is CN(C)CC#Cc1cc(C2CCCC2)c(F)cc1NC(=O)[C@@H]1CNc2ccccc2O1. The van der Waals surface area contributed by atoms with Gasteiger partial charge >= 0.3 is 0 Å². The molecule has 1 fully saturated rings. The van der Waals surface area contributed by atoms with Crippen molar-refractivity contribution in [2.45, 2.75) is 37.7 Å². The third-order valence-corrected chi connectivity index (χ3v) is 5.73. The molecule has 1 atom stereocenters. The molecule has 0 saturated heterocycles. The summed E-state index contributed by atoms with van der Waals surface area (Å²) < 4.78 is 20.8. The highest BCUT2D eigenvalue weighted by molar-refractivity contribution is 5.96.